The molecule has 2 N–H and O–H groups in total. The van der Waals surface area contributed by atoms with Gasteiger partial charge in [-0.15, -0.1) is 0 Å². The number of rotatable bonds is 5. The first-order valence-electron chi connectivity index (χ1n) is 8.64. The van der Waals surface area contributed by atoms with Gasteiger partial charge in [-0.1, -0.05) is 42.5 Å². The first-order valence-corrected chi connectivity index (χ1v) is 8.64. The second kappa shape index (κ2) is 6.88. The second-order valence-electron chi connectivity index (χ2n) is 6.31. The van der Waals surface area contributed by atoms with Gasteiger partial charge in [0.2, 0.25) is 0 Å². The first-order chi connectivity index (χ1) is 12.7. The average molecular weight is 344 g/mol. The van der Waals surface area contributed by atoms with Gasteiger partial charge in [-0.2, -0.15) is 5.10 Å². The summed E-state index contributed by atoms with van der Waals surface area (Å²) in [6.07, 6.45) is 2.58. The Balaban J connectivity index is 1.35. The van der Waals surface area contributed by atoms with Crippen molar-refractivity contribution in [2.75, 3.05) is 6.54 Å². The Morgan fingerprint density at radius 3 is 2.65 bits per heavy atom. The summed E-state index contributed by atoms with van der Waals surface area (Å²) in [5.41, 5.74) is 4.98. The number of amides is 1. The Kier molecular flexibility index (Phi) is 4.27. The molecule has 5 heteroatoms. The number of nitrogens with one attached hydrogen (secondary N) is 2. The Morgan fingerprint density at radius 1 is 1.12 bits per heavy atom. The van der Waals surface area contributed by atoms with Crippen LogP contribution in [0, 0.1) is 0 Å². The summed E-state index contributed by atoms with van der Waals surface area (Å²) in [5, 5.41) is 8.22. The summed E-state index contributed by atoms with van der Waals surface area (Å²) < 4.78 is 1.86. The number of benzene rings is 2. The van der Waals surface area contributed by atoms with Gasteiger partial charge in [-0.05, 0) is 35.7 Å². The van der Waals surface area contributed by atoms with Gasteiger partial charge in [-0.3, -0.25) is 9.48 Å². The molecule has 130 valence electrons. The van der Waals surface area contributed by atoms with Crippen LogP contribution in [0.4, 0.5) is 0 Å². The summed E-state index contributed by atoms with van der Waals surface area (Å²) in [5.74, 6) is -0.0762. The van der Waals surface area contributed by atoms with E-state index in [1.807, 2.05) is 48.1 Å². The van der Waals surface area contributed by atoms with Crippen LogP contribution in [0.2, 0.25) is 0 Å². The standard InChI is InChI=1S/C21H20N4O/c1-25-20(11-13-23-25)16-8-6-15(7-9-16)10-12-22-21(26)19-14-17-4-2-3-5-18(17)24-19/h2-9,11,13-14,24H,10,12H2,1H3,(H,22,26). The van der Waals surface area contributed by atoms with Crippen LogP contribution in [0.3, 0.4) is 0 Å². The molecular weight excluding hydrogens is 324 g/mol. The van der Waals surface area contributed by atoms with Crippen molar-refractivity contribution >= 4 is 16.8 Å². The number of H-pyrrole nitrogens is 1. The average Bonchev–Trinajstić information content (AvgIpc) is 3.28. The van der Waals surface area contributed by atoms with Gasteiger partial charge >= 0.3 is 0 Å². The van der Waals surface area contributed by atoms with Crippen LogP contribution >= 0.6 is 0 Å². The highest BCUT2D eigenvalue weighted by Crippen LogP contribution is 2.19. The first kappa shape index (κ1) is 16.1. The third-order valence-corrected chi connectivity index (χ3v) is 4.54. The van der Waals surface area contributed by atoms with Gasteiger partial charge in [0.25, 0.3) is 5.91 Å². The van der Waals surface area contributed by atoms with Crippen molar-refractivity contribution in [3.05, 3.63) is 78.1 Å². The third kappa shape index (κ3) is 3.24. The molecule has 0 saturated carbocycles. The zero-order chi connectivity index (χ0) is 17.9. The molecule has 0 bridgehead atoms. The van der Waals surface area contributed by atoms with Crippen molar-refractivity contribution in [1.29, 1.82) is 0 Å². The van der Waals surface area contributed by atoms with Crippen LogP contribution in [0.5, 0.6) is 0 Å². The quantitative estimate of drug-likeness (QED) is 0.582. The second-order valence-corrected chi connectivity index (χ2v) is 6.31. The molecule has 0 fully saturated rings. The van der Waals surface area contributed by atoms with Crippen LogP contribution in [-0.4, -0.2) is 27.2 Å². The number of aromatic amines is 1. The predicted molar refractivity (Wildman–Crippen MR) is 103 cm³/mol. The fourth-order valence-corrected chi connectivity index (χ4v) is 3.11. The van der Waals surface area contributed by atoms with E-state index in [1.165, 1.54) is 5.56 Å². The van der Waals surface area contributed by atoms with E-state index in [0.717, 1.165) is 28.6 Å². The summed E-state index contributed by atoms with van der Waals surface area (Å²) in [6, 6.07) is 20.1. The largest absolute Gasteiger partial charge is 0.351 e. The van der Waals surface area contributed by atoms with E-state index >= 15 is 0 Å². The fourth-order valence-electron chi connectivity index (χ4n) is 3.11. The van der Waals surface area contributed by atoms with E-state index in [4.69, 9.17) is 0 Å². The molecule has 0 unspecified atom stereocenters. The number of aryl methyl sites for hydroxylation is 1. The summed E-state index contributed by atoms with van der Waals surface area (Å²) in [6.45, 7) is 0.596. The molecule has 2 heterocycles. The highest BCUT2D eigenvalue weighted by atomic mass is 16.1. The maximum atomic E-state index is 12.3. The van der Waals surface area contributed by atoms with Crippen LogP contribution in [0.1, 0.15) is 16.1 Å². The Hall–Kier alpha value is -3.34. The van der Waals surface area contributed by atoms with Crippen molar-refractivity contribution in [2.45, 2.75) is 6.42 Å². The number of nitrogens with zero attached hydrogens (tertiary/aromatic N) is 2. The number of hydrogen-bond acceptors (Lipinski definition) is 2. The predicted octanol–water partition coefficient (Wildman–Crippen LogP) is 3.54. The molecule has 4 aromatic rings. The Morgan fingerprint density at radius 2 is 1.92 bits per heavy atom. The molecular formula is C21H20N4O. The molecule has 0 aliphatic carbocycles. The summed E-state index contributed by atoms with van der Waals surface area (Å²) in [7, 11) is 1.93. The van der Waals surface area contributed by atoms with Crippen molar-refractivity contribution < 1.29 is 4.79 Å². The van der Waals surface area contributed by atoms with Crippen LogP contribution in [-0.2, 0) is 13.5 Å². The molecule has 5 nitrogen and oxygen atoms in total. The van der Waals surface area contributed by atoms with Gasteiger partial charge in [0.05, 0.1) is 5.69 Å². The van der Waals surface area contributed by atoms with Gasteiger partial charge in [0.1, 0.15) is 5.69 Å². The van der Waals surface area contributed by atoms with Crippen LogP contribution in [0.15, 0.2) is 66.9 Å². The van der Waals surface area contributed by atoms with Crippen LogP contribution < -0.4 is 5.32 Å². The molecule has 0 aliphatic heterocycles. The number of carbonyl (C=O) groups is 1. The molecule has 0 spiro atoms. The number of carbonyl (C=O) groups excluding carboxylic acids is 1. The van der Waals surface area contributed by atoms with E-state index in [1.54, 1.807) is 6.20 Å². The highest BCUT2D eigenvalue weighted by molar-refractivity contribution is 5.97. The molecule has 0 atom stereocenters. The van der Waals surface area contributed by atoms with Gasteiger partial charge in [0.15, 0.2) is 0 Å². The number of hydrogen-bond donors (Lipinski definition) is 2. The number of para-hydroxylation sites is 1. The molecule has 26 heavy (non-hydrogen) atoms. The zero-order valence-electron chi connectivity index (χ0n) is 14.6. The van der Waals surface area contributed by atoms with E-state index in [2.05, 4.69) is 39.7 Å². The van der Waals surface area contributed by atoms with Gasteiger partial charge in [-0.25, -0.2) is 0 Å². The number of aromatic nitrogens is 3. The molecule has 2 aromatic heterocycles. The lowest BCUT2D eigenvalue weighted by atomic mass is 10.1. The molecule has 0 radical (unpaired) electrons. The monoisotopic (exact) mass is 344 g/mol. The highest BCUT2D eigenvalue weighted by Gasteiger charge is 2.08. The minimum atomic E-state index is -0.0762. The Bertz CT molecular complexity index is 1010. The van der Waals surface area contributed by atoms with Crippen molar-refractivity contribution in [3.8, 4) is 11.3 Å². The summed E-state index contributed by atoms with van der Waals surface area (Å²) >= 11 is 0. The lowest BCUT2D eigenvalue weighted by Crippen LogP contribution is -2.25. The smallest absolute Gasteiger partial charge is 0.267 e. The molecule has 4 rings (SSSR count). The number of fused-ring (bicyclic) bond motifs is 1. The van der Waals surface area contributed by atoms with Crippen molar-refractivity contribution in [3.63, 3.8) is 0 Å². The molecule has 2 aromatic carbocycles. The van der Waals surface area contributed by atoms with Crippen molar-refractivity contribution in [2.24, 2.45) is 7.05 Å². The molecule has 1 amide bonds. The van der Waals surface area contributed by atoms with Crippen molar-refractivity contribution in [1.82, 2.24) is 20.1 Å². The molecule has 0 aliphatic rings. The molecule has 0 saturated heterocycles. The Labute approximate surface area is 151 Å². The van der Waals surface area contributed by atoms with E-state index in [-0.39, 0.29) is 5.91 Å². The van der Waals surface area contributed by atoms with E-state index < -0.39 is 0 Å². The van der Waals surface area contributed by atoms with E-state index in [9.17, 15) is 4.79 Å². The lowest BCUT2D eigenvalue weighted by Gasteiger charge is -2.06. The van der Waals surface area contributed by atoms with Crippen LogP contribution in [0.25, 0.3) is 22.2 Å². The fraction of sp³-hybridized carbons (Fsp3) is 0.143. The normalized spacial score (nSPS) is 11.0. The maximum absolute atomic E-state index is 12.3. The lowest BCUT2D eigenvalue weighted by molar-refractivity contribution is 0.0950. The zero-order valence-corrected chi connectivity index (χ0v) is 14.6. The summed E-state index contributed by atoms with van der Waals surface area (Å²) in [4.78, 5) is 15.5. The van der Waals surface area contributed by atoms with Gasteiger partial charge in [0, 0.05) is 30.7 Å². The SMILES string of the molecule is Cn1nccc1-c1ccc(CCNC(=O)c2cc3ccccc3[nH]2)cc1. The topological polar surface area (TPSA) is 62.7 Å². The van der Waals surface area contributed by atoms with Gasteiger partial charge < -0.3 is 10.3 Å². The maximum Gasteiger partial charge on any atom is 0.267 e. The van der Waals surface area contributed by atoms with E-state index in [0.29, 0.717) is 12.2 Å². The minimum Gasteiger partial charge on any atom is -0.351 e. The third-order valence-electron chi connectivity index (χ3n) is 4.54. The minimum absolute atomic E-state index is 0.0762.